The lowest BCUT2D eigenvalue weighted by Crippen LogP contribution is -2.53. The number of hydrogen-bond donors (Lipinski definition) is 1. The van der Waals surface area contributed by atoms with Gasteiger partial charge in [-0.3, -0.25) is 19.3 Å². The number of aliphatic hydroxyl groups is 1. The third kappa shape index (κ3) is 4.36. The summed E-state index contributed by atoms with van der Waals surface area (Å²) in [6.07, 6.45) is 2.59. The molecule has 0 unspecified atom stereocenters. The van der Waals surface area contributed by atoms with Gasteiger partial charge in [0, 0.05) is 63.1 Å². The van der Waals surface area contributed by atoms with Crippen molar-refractivity contribution in [3.63, 3.8) is 0 Å². The number of benzene rings is 2. The van der Waals surface area contributed by atoms with Crippen LogP contribution in [0, 0.1) is 0 Å². The standard InChI is InChI=1S/C30H34N4O7S/c1-31-24-8-4-3-7-23(24)30(29(31)38)25(27(36)28(37)34(30)16-15-32-17-19-41-20-18-32)26(35)21-9-11-22(12-10-21)42(39,40)33-13-5-2-6-14-33/h3-4,7-12,35H,2,5-6,13-20H2,1H3/t30-/m1/s1. The number of carbonyl (C=O) groups is 3. The van der Waals surface area contributed by atoms with Crippen LogP contribution in [0.3, 0.4) is 0 Å². The number of ketones is 1. The molecule has 0 radical (unpaired) electrons. The Balaban J connectivity index is 1.44. The van der Waals surface area contributed by atoms with Crippen LogP contribution in [0.25, 0.3) is 5.76 Å². The van der Waals surface area contributed by atoms with E-state index in [1.165, 1.54) is 38.4 Å². The van der Waals surface area contributed by atoms with Crippen molar-refractivity contribution < 1.29 is 32.6 Å². The van der Waals surface area contributed by atoms with E-state index in [0.717, 1.165) is 19.3 Å². The first-order valence-electron chi connectivity index (χ1n) is 14.3. The van der Waals surface area contributed by atoms with Gasteiger partial charge in [-0.05, 0) is 43.2 Å². The molecule has 222 valence electrons. The number of anilines is 1. The number of morpholine rings is 1. The van der Waals surface area contributed by atoms with E-state index >= 15 is 0 Å². The molecule has 0 aliphatic carbocycles. The minimum Gasteiger partial charge on any atom is -0.507 e. The molecule has 4 heterocycles. The van der Waals surface area contributed by atoms with Gasteiger partial charge < -0.3 is 19.6 Å². The molecule has 2 aromatic carbocycles. The summed E-state index contributed by atoms with van der Waals surface area (Å²) in [4.78, 5) is 46.4. The van der Waals surface area contributed by atoms with E-state index in [1.807, 2.05) is 0 Å². The molecule has 3 fully saturated rings. The fourth-order valence-electron chi connectivity index (χ4n) is 6.52. The third-order valence-corrected chi connectivity index (χ3v) is 10.7. The highest BCUT2D eigenvalue weighted by atomic mass is 32.2. The number of aliphatic hydroxyl groups excluding tert-OH is 1. The molecular weight excluding hydrogens is 560 g/mol. The number of ether oxygens (including phenoxy) is 1. The summed E-state index contributed by atoms with van der Waals surface area (Å²) in [5.41, 5.74) is -1.06. The summed E-state index contributed by atoms with van der Waals surface area (Å²) < 4.78 is 33.2. The predicted molar refractivity (Wildman–Crippen MR) is 154 cm³/mol. The topological polar surface area (TPSA) is 128 Å². The number of likely N-dealkylation sites (tertiary alicyclic amines) is 1. The summed E-state index contributed by atoms with van der Waals surface area (Å²) in [7, 11) is -2.13. The van der Waals surface area contributed by atoms with E-state index in [0.29, 0.717) is 57.2 Å². The molecule has 1 atom stereocenters. The van der Waals surface area contributed by atoms with Crippen molar-refractivity contribution in [2.75, 3.05) is 64.4 Å². The minimum atomic E-state index is -3.72. The van der Waals surface area contributed by atoms with Crippen LogP contribution in [-0.2, 0) is 34.7 Å². The number of rotatable bonds is 6. The second kappa shape index (κ2) is 10.9. The van der Waals surface area contributed by atoms with Gasteiger partial charge >= 0.3 is 0 Å². The molecule has 0 aromatic heterocycles. The van der Waals surface area contributed by atoms with Crippen LogP contribution in [0.2, 0.25) is 0 Å². The van der Waals surface area contributed by atoms with Crippen molar-refractivity contribution in [3.05, 3.63) is 65.2 Å². The Morgan fingerprint density at radius 1 is 0.905 bits per heavy atom. The van der Waals surface area contributed by atoms with Gasteiger partial charge in [-0.2, -0.15) is 4.31 Å². The zero-order valence-electron chi connectivity index (χ0n) is 23.5. The fraction of sp³-hybridized carbons (Fsp3) is 0.433. The minimum absolute atomic E-state index is 0.0728. The van der Waals surface area contributed by atoms with E-state index in [2.05, 4.69) is 4.90 Å². The van der Waals surface area contributed by atoms with Gasteiger partial charge in [-0.1, -0.05) is 24.6 Å². The normalized spacial score (nSPS) is 25.0. The van der Waals surface area contributed by atoms with Crippen molar-refractivity contribution in [2.24, 2.45) is 0 Å². The van der Waals surface area contributed by atoms with Gasteiger partial charge in [0.15, 0.2) is 5.54 Å². The average molecular weight is 595 g/mol. The molecule has 0 saturated carbocycles. The molecular formula is C30H34N4O7S. The Kier molecular flexibility index (Phi) is 7.42. The summed E-state index contributed by atoms with van der Waals surface area (Å²) in [5, 5.41) is 11.7. The number of carbonyl (C=O) groups excluding carboxylic acids is 3. The Hall–Kier alpha value is -3.58. The highest BCUT2D eigenvalue weighted by Crippen LogP contribution is 2.53. The number of para-hydroxylation sites is 1. The highest BCUT2D eigenvalue weighted by molar-refractivity contribution is 7.89. The first-order chi connectivity index (χ1) is 20.2. The number of sulfonamides is 1. The maximum Gasteiger partial charge on any atom is 0.296 e. The van der Waals surface area contributed by atoms with Crippen LogP contribution in [0.5, 0.6) is 0 Å². The summed E-state index contributed by atoms with van der Waals surface area (Å²) >= 11 is 0. The van der Waals surface area contributed by atoms with Gasteiger partial charge in [0.2, 0.25) is 10.0 Å². The molecule has 2 aromatic rings. The maximum absolute atomic E-state index is 14.2. The van der Waals surface area contributed by atoms with E-state index in [4.69, 9.17) is 4.74 Å². The molecule has 6 rings (SSSR count). The third-order valence-electron chi connectivity index (χ3n) is 8.76. The van der Waals surface area contributed by atoms with Gasteiger partial charge in [0.25, 0.3) is 17.6 Å². The summed E-state index contributed by atoms with van der Waals surface area (Å²) in [6.45, 7) is 3.84. The number of hydrogen-bond acceptors (Lipinski definition) is 8. The van der Waals surface area contributed by atoms with Gasteiger partial charge in [-0.25, -0.2) is 8.42 Å². The molecule has 11 nitrogen and oxygen atoms in total. The van der Waals surface area contributed by atoms with Crippen molar-refractivity contribution in [3.8, 4) is 0 Å². The van der Waals surface area contributed by atoms with E-state index in [-0.39, 0.29) is 22.6 Å². The lowest BCUT2D eigenvalue weighted by atomic mass is 9.82. The van der Waals surface area contributed by atoms with Gasteiger partial charge in [-0.15, -0.1) is 0 Å². The number of likely N-dealkylation sites (N-methyl/N-ethyl adjacent to an activating group) is 1. The van der Waals surface area contributed by atoms with Crippen LogP contribution >= 0.6 is 0 Å². The molecule has 4 aliphatic rings. The zero-order valence-corrected chi connectivity index (χ0v) is 24.3. The highest BCUT2D eigenvalue weighted by Gasteiger charge is 2.66. The quantitative estimate of drug-likeness (QED) is 0.305. The fourth-order valence-corrected chi connectivity index (χ4v) is 8.04. The SMILES string of the molecule is CN1C(=O)[C@]2(C(=C(O)c3ccc(S(=O)(=O)N4CCCCC4)cc3)C(=O)C(=O)N2CCN2CCOCC2)c2ccccc21. The first kappa shape index (κ1) is 28.5. The predicted octanol–water partition coefficient (Wildman–Crippen LogP) is 1.75. The lowest BCUT2D eigenvalue weighted by molar-refractivity contribution is -0.144. The van der Waals surface area contributed by atoms with Crippen molar-refractivity contribution in [2.45, 2.75) is 29.7 Å². The molecule has 1 N–H and O–H groups in total. The molecule has 1 spiro atoms. The van der Waals surface area contributed by atoms with Crippen LogP contribution in [-0.4, -0.2) is 105 Å². The van der Waals surface area contributed by atoms with E-state index in [1.54, 1.807) is 31.3 Å². The Morgan fingerprint density at radius 2 is 1.57 bits per heavy atom. The number of fused-ring (bicyclic) bond motifs is 2. The van der Waals surface area contributed by atoms with Crippen molar-refractivity contribution in [1.29, 1.82) is 0 Å². The molecule has 2 amide bonds. The van der Waals surface area contributed by atoms with E-state index < -0.39 is 38.9 Å². The van der Waals surface area contributed by atoms with Gasteiger partial charge in [0.05, 0.1) is 23.7 Å². The van der Waals surface area contributed by atoms with Crippen molar-refractivity contribution in [1.82, 2.24) is 14.1 Å². The number of amides is 2. The van der Waals surface area contributed by atoms with Crippen molar-refractivity contribution >= 4 is 39.1 Å². The van der Waals surface area contributed by atoms with Crippen LogP contribution in [0.1, 0.15) is 30.4 Å². The molecule has 4 aliphatic heterocycles. The Morgan fingerprint density at radius 3 is 2.26 bits per heavy atom. The summed E-state index contributed by atoms with van der Waals surface area (Å²) in [6, 6.07) is 12.5. The monoisotopic (exact) mass is 594 g/mol. The second-order valence-electron chi connectivity index (χ2n) is 11.0. The molecule has 42 heavy (non-hydrogen) atoms. The number of Topliss-reactive ketones (excluding diaryl/α,β-unsaturated/α-hetero) is 1. The second-order valence-corrected chi connectivity index (χ2v) is 13.0. The smallest absolute Gasteiger partial charge is 0.296 e. The number of piperidine rings is 1. The Bertz CT molecular complexity index is 1560. The maximum atomic E-state index is 14.2. The largest absolute Gasteiger partial charge is 0.507 e. The molecule has 12 heteroatoms. The lowest BCUT2D eigenvalue weighted by Gasteiger charge is -2.36. The van der Waals surface area contributed by atoms with E-state index in [9.17, 15) is 27.9 Å². The Labute approximate surface area is 245 Å². The van der Waals surface area contributed by atoms with Crippen LogP contribution in [0.4, 0.5) is 5.69 Å². The molecule has 3 saturated heterocycles. The van der Waals surface area contributed by atoms with Crippen LogP contribution < -0.4 is 4.90 Å². The summed E-state index contributed by atoms with van der Waals surface area (Å²) in [5.74, 6) is -2.87. The molecule has 0 bridgehead atoms. The van der Waals surface area contributed by atoms with Crippen LogP contribution in [0.15, 0.2) is 59.0 Å². The average Bonchev–Trinajstić information content (AvgIpc) is 3.38. The number of nitrogens with zero attached hydrogens (tertiary/aromatic N) is 4. The first-order valence-corrected chi connectivity index (χ1v) is 15.7. The van der Waals surface area contributed by atoms with Gasteiger partial charge in [0.1, 0.15) is 5.76 Å². The zero-order chi connectivity index (χ0) is 29.6.